The third-order valence-corrected chi connectivity index (χ3v) is 6.71. The van der Waals surface area contributed by atoms with E-state index in [2.05, 4.69) is 10.2 Å². The Morgan fingerprint density at radius 3 is 2.26 bits per heavy atom. The van der Waals surface area contributed by atoms with Crippen LogP contribution in [0, 0.1) is 17.5 Å². The summed E-state index contributed by atoms with van der Waals surface area (Å²) in [5.74, 6) is -5.18. The van der Waals surface area contributed by atoms with Crippen molar-refractivity contribution in [1.82, 2.24) is 4.90 Å². The molecule has 12 heteroatoms. The summed E-state index contributed by atoms with van der Waals surface area (Å²) < 4.78 is 84.1. The highest BCUT2D eigenvalue weighted by Gasteiger charge is 2.36. The fourth-order valence-electron chi connectivity index (χ4n) is 4.43. The molecule has 0 radical (unpaired) electrons. The summed E-state index contributed by atoms with van der Waals surface area (Å²) in [6, 6.07) is 7.22. The van der Waals surface area contributed by atoms with Gasteiger partial charge in [0.1, 0.15) is 17.5 Å². The van der Waals surface area contributed by atoms with E-state index in [0.717, 1.165) is 24.3 Å². The minimum Gasteiger partial charge on any atom is -0.367 e. The van der Waals surface area contributed by atoms with Crippen LogP contribution < -0.4 is 16.0 Å². The van der Waals surface area contributed by atoms with Crippen LogP contribution in [0.3, 0.4) is 0 Å². The van der Waals surface area contributed by atoms with Crippen LogP contribution in [0.4, 0.5) is 37.7 Å². The second-order valence-electron chi connectivity index (χ2n) is 9.33. The van der Waals surface area contributed by atoms with Crippen molar-refractivity contribution in [2.45, 2.75) is 19.1 Å². The van der Waals surface area contributed by atoms with E-state index in [-0.39, 0.29) is 34.6 Å². The number of halogens is 6. The Labute approximate surface area is 220 Å². The second kappa shape index (κ2) is 10.6. The molecule has 0 spiro atoms. The average Bonchev–Trinajstić information content (AvgIpc) is 2.85. The Bertz CT molecular complexity index is 1440. The molecule has 1 saturated heterocycles. The van der Waals surface area contributed by atoms with Crippen LogP contribution in [0.15, 0.2) is 48.5 Å². The van der Waals surface area contributed by atoms with Crippen LogP contribution in [-0.2, 0) is 6.18 Å². The lowest BCUT2D eigenvalue weighted by atomic mass is 10.00. The summed E-state index contributed by atoms with van der Waals surface area (Å²) in [6.45, 7) is 3.37. The standard InChI is InChI=1S/C27H24F6N4O2/c1-14-13-37(8-7-36(14)2)24-12-22(30)19(15-3-5-18(25(34)38)21(29)9-15)11-23(24)35-26(39)17-6-4-16(28)10-20(17)27(31,32)33/h3-6,9-12,14H,7-8,13H2,1-2H3,(H2,34,38)(H,35,39)/t14-/m1/s1. The fourth-order valence-corrected chi connectivity index (χ4v) is 4.43. The molecule has 6 nitrogen and oxygen atoms in total. The Morgan fingerprint density at radius 2 is 1.64 bits per heavy atom. The van der Waals surface area contributed by atoms with Gasteiger partial charge in [0.25, 0.3) is 11.8 Å². The number of alkyl halides is 3. The van der Waals surface area contributed by atoms with Gasteiger partial charge in [-0.25, -0.2) is 13.2 Å². The zero-order valence-electron chi connectivity index (χ0n) is 20.9. The van der Waals surface area contributed by atoms with E-state index in [0.29, 0.717) is 25.7 Å². The Morgan fingerprint density at radius 1 is 0.949 bits per heavy atom. The summed E-state index contributed by atoms with van der Waals surface area (Å²) in [4.78, 5) is 28.3. The highest BCUT2D eigenvalue weighted by molar-refractivity contribution is 6.07. The van der Waals surface area contributed by atoms with E-state index in [1.54, 1.807) is 4.90 Å². The zero-order valence-corrected chi connectivity index (χ0v) is 20.9. The van der Waals surface area contributed by atoms with Crippen LogP contribution in [0.25, 0.3) is 11.1 Å². The van der Waals surface area contributed by atoms with Gasteiger partial charge in [-0.3, -0.25) is 9.59 Å². The molecule has 0 saturated carbocycles. The lowest BCUT2D eigenvalue weighted by Gasteiger charge is -2.39. The third-order valence-electron chi connectivity index (χ3n) is 6.71. The van der Waals surface area contributed by atoms with E-state index in [1.165, 1.54) is 12.1 Å². The van der Waals surface area contributed by atoms with Crippen molar-refractivity contribution in [3.05, 3.63) is 82.7 Å². The van der Waals surface area contributed by atoms with Gasteiger partial charge < -0.3 is 20.9 Å². The zero-order chi connectivity index (χ0) is 28.6. The number of carbonyl (C=O) groups excluding carboxylic acids is 2. The number of hydrogen-bond acceptors (Lipinski definition) is 4. The van der Waals surface area contributed by atoms with Crippen molar-refractivity contribution >= 4 is 23.2 Å². The van der Waals surface area contributed by atoms with Gasteiger partial charge >= 0.3 is 6.18 Å². The van der Waals surface area contributed by atoms with Gasteiger partial charge in [0.15, 0.2) is 0 Å². The molecule has 4 rings (SSSR count). The third kappa shape index (κ3) is 5.85. The van der Waals surface area contributed by atoms with Crippen LogP contribution in [0.2, 0.25) is 0 Å². The highest BCUT2D eigenvalue weighted by Crippen LogP contribution is 2.37. The molecule has 0 bridgehead atoms. The first-order valence-corrected chi connectivity index (χ1v) is 11.8. The van der Waals surface area contributed by atoms with Crippen molar-refractivity contribution in [2.24, 2.45) is 5.73 Å². The molecule has 3 N–H and O–H groups in total. The largest absolute Gasteiger partial charge is 0.417 e. The molecule has 3 aromatic rings. The van der Waals surface area contributed by atoms with Crippen molar-refractivity contribution in [3.63, 3.8) is 0 Å². The maximum absolute atomic E-state index is 15.4. The van der Waals surface area contributed by atoms with Crippen LogP contribution in [0.5, 0.6) is 0 Å². The van der Waals surface area contributed by atoms with E-state index in [1.807, 2.05) is 14.0 Å². The summed E-state index contributed by atoms with van der Waals surface area (Å²) in [5.41, 5.74) is 2.41. The van der Waals surface area contributed by atoms with E-state index in [9.17, 15) is 31.5 Å². The van der Waals surface area contributed by atoms with E-state index >= 15 is 4.39 Å². The number of primary amides is 1. The van der Waals surface area contributed by atoms with Crippen LogP contribution >= 0.6 is 0 Å². The van der Waals surface area contributed by atoms with Crippen LogP contribution in [-0.4, -0.2) is 49.4 Å². The molecule has 0 aliphatic carbocycles. The van der Waals surface area contributed by atoms with Gasteiger partial charge in [0, 0.05) is 31.2 Å². The van der Waals surface area contributed by atoms with Gasteiger partial charge in [0.2, 0.25) is 0 Å². The Hall–Kier alpha value is -4.06. The summed E-state index contributed by atoms with van der Waals surface area (Å²) in [7, 11) is 1.91. The predicted octanol–water partition coefficient (Wildman–Crippen LogP) is 5.28. The smallest absolute Gasteiger partial charge is 0.367 e. The maximum atomic E-state index is 15.4. The number of benzene rings is 3. The predicted molar refractivity (Wildman–Crippen MR) is 134 cm³/mol. The van der Waals surface area contributed by atoms with Gasteiger partial charge in [-0.05, 0) is 62.0 Å². The second-order valence-corrected chi connectivity index (χ2v) is 9.33. The minimum absolute atomic E-state index is 0.00144. The van der Waals surface area contributed by atoms with Gasteiger partial charge in [-0.2, -0.15) is 13.2 Å². The molecule has 0 aromatic heterocycles. The molecular formula is C27H24F6N4O2. The first-order valence-electron chi connectivity index (χ1n) is 11.8. The topological polar surface area (TPSA) is 78.7 Å². The van der Waals surface area contributed by atoms with Gasteiger partial charge in [-0.15, -0.1) is 0 Å². The van der Waals surface area contributed by atoms with Crippen molar-refractivity contribution < 1.29 is 35.9 Å². The number of nitrogens with zero attached hydrogens (tertiary/aromatic N) is 2. The normalized spacial score (nSPS) is 16.3. The van der Waals surface area contributed by atoms with Gasteiger partial charge in [-0.1, -0.05) is 6.07 Å². The number of hydrogen-bond donors (Lipinski definition) is 2. The molecule has 0 unspecified atom stereocenters. The lowest BCUT2D eigenvalue weighted by Crippen LogP contribution is -2.50. The van der Waals surface area contributed by atoms with Gasteiger partial charge in [0.05, 0.1) is 28.1 Å². The number of nitrogens with two attached hydrogens (primary N) is 1. The molecule has 3 aromatic carbocycles. The number of carbonyl (C=O) groups is 2. The van der Waals surface area contributed by atoms with E-state index < -0.39 is 52.1 Å². The number of anilines is 2. The average molecular weight is 551 g/mol. The molecular weight excluding hydrogens is 526 g/mol. The number of nitrogens with one attached hydrogen (secondary N) is 1. The first-order chi connectivity index (χ1) is 18.3. The molecule has 1 aliphatic rings. The first kappa shape index (κ1) is 28.0. The van der Waals surface area contributed by atoms with Crippen molar-refractivity contribution in [2.75, 3.05) is 36.9 Å². The lowest BCUT2D eigenvalue weighted by molar-refractivity contribution is -0.138. The SMILES string of the molecule is C[C@@H]1CN(c2cc(F)c(-c3ccc(C(N)=O)c(F)c3)cc2NC(=O)c2ccc(F)cc2C(F)(F)F)CCN1C. The molecule has 1 aliphatic heterocycles. The van der Waals surface area contributed by atoms with E-state index in [4.69, 9.17) is 5.73 Å². The summed E-state index contributed by atoms with van der Waals surface area (Å²) >= 11 is 0. The van der Waals surface area contributed by atoms with Crippen LogP contribution in [0.1, 0.15) is 33.2 Å². The highest BCUT2D eigenvalue weighted by atomic mass is 19.4. The molecule has 2 amide bonds. The monoisotopic (exact) mass is 550 g/mol. The molecule has 1 fully saturated rings. The van der Waals surface area contributed by atoms with Crippen molar-refractivity contribution in [3.8, 4) is 11.1 Å². The number of piperazine rings is 1. The Balaban J connectivity index is 1.82. The minimum atomic E-state index is -5.02. The number of amides is 2. The molecule has 206 valence electrons. The number of likely N-dealkylation sites (N-methyl/N-ethyl adjacent to an activating group) is 1. The summed E-state index contributed by atoms with van der Waals surface area (Å²) in [5, 5.41) is 2.41. The number of rotatable bonds is 5. The molecule has 1 heterocycles. The quantitative estimate of drug-likeness (QED) is 0.424. The molecule has 1 atom stereocenters. The Kier molecular flexibility index (Phi) is 7.60. The maximum Gasteiger partial charge on any atom is 0.417 e. The summed E-state index contributed by atoms with van der Waals surface area (Å²) in [6.07, 6.45) is -5.02. The molecule has 39 heavy (non-hydrogen) atoms. The van der Waals surface area contributed by atoms with Crippen molar-refractivity contribution in [1.29, 1.82) is 0 Å². The fraction of sp³-hybridized carbons (Fsp3) is 0.259.